The number of likely N-dealkylation sites (tertiary alicyclic amines) is 1. The summed E-state index contributed by atoms with van der Waals surface area (Å²) in [6.07, 6.45) is 8.02. The quantitative estimate of drug-likeness (QED) is 0.696. The number of hydrogen-bond donors (Lipinski definition) is 0. The molecule has 2 aliphatic rings. The number of benzene rings is 1. The zero-order chi connectivity index (χ0) is 18.6. The highest BCUT2D eigenvalue weighted by atomic mass is 79.9. The minimum absolute atomic E-state index is 0.0386. The molecule has 2 fully saturated rings. The Morgan fingerprint density at radius 2 is 1.58 bits per heavy atom. The van der Waals surface area contributed by atoms with Gasteiger partial charge in [0.2, 0.25) is 15.9 Å². The van der Waals surface area contributed by atoms with Crippen LogP contribution in [0, 0.1) is 0 Å². The number of halogens is 1. The molecule has 0 spiro atoms. The standard InChI is InChI=1S/C19H27BrN2O3S/c20-16-9-11-18(12-10-16)26(24,25)22(17-7-3-1-4-8-17)15-19(23)21-13-5-2-6-14-21/h9-12,17H,1-8,13-15H2. The fraction of sp³-hybridized carbons (Fsp3) is 0.632. The molecular weight excluding hydrogens is 416 g/mol. The zero-order valence-corrected chi connectivity index (χ0v) is 17.5. The first-order chi connectivity index (χ1) is 12.5. The lowest BCUT2D eigenvalue weighted by atomic mass is 9.95. The summed E-state index contributed by atoms with van der Waals surface area (Å²) in [5.74, 6) is -0.0593. The van der Waals surface area contributed by atoms with Gasteiger partial charge in [0.15, 0.2) is 0 Å². The number of nitrogens with zero attached hydrogens (tertiary/aromatic N) is 2. The Kier molecular flexibility index (Phi) is 6.75. The van der Waals surface area contributed by atoms with E-state index in [4.69, 9.17) is 0 Å². The van der Waals surface area contributed by atoms with Crippen LogP contribution < -0.4 is 0 Å². The highest BCUT2D eigenvalue weighted by Crippen LogP contribution is 2.28. The smallest absolute Gasteiger partial charge is 0.243 e. The van der Waals surface area contributed by atoms with E-state index in [0.717, 1.165) is 68.9 Å². The lowest BCUT2D eigenvalue weighted by Gasteiger charge is -2.35. The van der Waals surface area contributed by atoms with Crippen molar-refractivity contribution in [3.63, 3.8) is 0 Å². The predicted octanol–water partition coefficient (Wildman–Crippen LogP) is 3.79. The SMILES string of the molecule is O=C(CN(C1CCCCC1)S(=O)(=O)c1ccc(Br)cc1)N1CCCCC1. The average Bonchev–Trinajstić information content (AvgIpc) is 2.67. The van der Waals surface area contributed by atoms with Crippen LogP contribution in [0.5, 0.6) is 0 Å². The highest BCUT2D eigenvalue weighted by Gasteiger charge is 2.35. The van der Waals surface area contributed by atoms with Crippen LogP contribution in [0.15, 0.2) is 33.6 Å². The number of amides is 1. The first-order valence-corrected chi connectivity index (χ1v) is 11.8. The van der Waals surface area contributed by atoms with Crippen LogP contribution >= 0.6 is 15.9 Å². The van der Waals surface area contributed by atoms with Gasteiger partial charge in [-0.15, -0.1) is 0 Å². The second-order valence-electron chi connectivity index (χ2n) is 7.24. The van der Waals surface area contributed by atoms with Crippen molar-refractivity contribution in [3.05, 3.63) is 28.7 Å². The normalized spacial score (nSPS) is 19.7. The van der Waals surface area contributed by atoms with Gasteiger partial charge in [-0.1, -0.05) is 35.2 Å². The van der Waals surface area contributed by atoms with Gasteiger partial charge in [0, 0.05) is 23.6 Å². The maximum atomic E-state index is 13.3. The molecule has 1 aliphatic heterocycles. The van der Waals surface area contributed by atoms with Crippen LogP contribution in [0.25, 0.3) is 0 Å². The van der Waals surface area contributed by atoms with Gasteiger partial charge in [-0.05, 0) is 56.4 Å². The second kappa shape index (κ2) is 8.85. The Morgan fingerprint density at radius 3 is 2.19 bits per heavy atom. The lowest BCUT2D eigenvalue weighted by molar-refractivity contribution is -0.132. The van der Waals surface area contributed by atoms with Crippen LogP contribution in [-0.2, 0) is 14.8 Å². The molecule has 1 aromatic rings. The molecule has 26 heavy (non-hydrogen) atoms. The zero-order valence-electron chi connectivity index (χ0n) is 15.1. The van der Waals surface area contributed by atoms with Crippen molar-refractivity contribution in [1.29, 1.82) is 0 Å². The van der Waals surface area contributed by atoms with E-state index in [2.05, 4.69) is 15.9 Å². The minimum Gasteiger partial charge on any atom is -0.342 e. The molecule has 3 rings (SSSR count). The van der Waals surface area contributed by atoms with E-state index in [1.807, 2.05) is 4.90 Å². The Morgan fingerprint density at radius 1 is 1.00 bits per heavy atom. The number of piperidine rings is 1. The molecule has 144 valence electrons. The van der Waals surface area contributed by atoms with Crippen molar-refractivity contribution < 1.29 is 13.2 Å². The molecule has 0 unspecified atom stereocenters. The maximum Gasteiger partial charge on any atom is 0.243 e. The van der Waals surface area contributed by atoms with Crippen LogP contribution in [0.4, 0.5) is 0 Å². The summed E-state index contributed by atoms with van der Waals surface area (Å²) in [4.78, 5) is 14.9. The Labute approximate surface area is 164 Å². The van der Waals surface area contributed by atoms with Crippen molar-refractivity contribution >= 4 is 31.9 Å². The molecule has 1 saturated carbocycles. The molecule has 0 radical (unpaired) electrons. The summed E-state index contributed by atoms with van der Waals surface area (Å²) in [6.45, 7) is 1.45. The Hall–Kier alpha value is -0.920. The van der Waals surface area contributed by atoms with Gasteiger partial charge < -0.3 is 4.90 Å². The van der Waals surface area contributed by atoms with Crippen molar-refractivity contribution in [1.82, 2.24) is 9.21 Å². The van der Waals surface area contributed by atoms with Crippen LogP contribution in [0.2, 0.25) is 0 Å². The van der Waals surface area contributed by atoms with Gasteiger partial charge in [-0.25, -0.2) is 8.42 Å². The van der Waals surface area contributed by atoms with Gasteiger partial charge >= 0.3 is 0 Å². The van der Waals surface area contributed by atoms with Crippen molar-refractivity contribution in [2.75, 3.05) is 19.6 Å². The van der Waals surface area contributed by atoms with E-state index < -0.39 is 10.0 Å². The molecular formula is C19H27BrN2O3S. The number of hydrogen-bond acceptors (Lipinski definition) is 3. The van der Waals surface area contributed by atoms with Gasteiger partial charge in [0.1, 0.15) is 0 Å². The molecule has 5 nitrogen and oxygen atoms in total. The van der Waals surface area contributed by atoms with E-state index in [0.29, 0.717) is 0 Å². The molecule has 1 saturated heterocycles. The topological polar surface area (TPSA) is 57.7 Å². The third-order valence-electron chi connectivity index (χ3n) is 5.40. The van der Waals surface area contributed by atoms with Gasteiger partial charge in [-0.3, -0.25) is 4.79 Å². The van der Waals surface area contributed by atoms with Gasteiger partial charge in [0.25, 0.3) is 0 Å². The average molecular weight is 443 g/mol. The summed E-state index contributed by atoms with van der Waals surface area (Å²) < 4.78 is 28.9. The van der Waals surface area contributed by atoms with E-state index in [-0.39, 0.29) is 23.4 Å². The van der Waals surface area contributed by atoms with Crippen molar-refractivity contribution in [2.24, 2.45) is 0 Å². The largest absolute Gasteiger partial charge is 0.342 e. The Balaban J connectivity index is 1.84. The molecule has 0 aromatic heterocycles. The summed E-state index contributed by atoms with van der Waals surface area (Å²) in [5.41, 5.74) is 0. The van der Waals surface area contributed by atoms with Crippen LogP contribution in [0.1, 0.15) is 51.4 Å². The molecule has 0 N–H and O–H groups in total. The van der Waals surface area contributed by atoms with E-state index in [1.54, 1.807) is 24.3 Å². The summed E-state index contributed by atoms with van der Waals surface area (Å²) >= 11 is 3.35. The fourth-order valence-electron chi connectivity index (χ4n) is 3.90. The van der Waals surface area contributed by atoms with Crippen LogP contribution in [-0.4, -0.2) is 49.2 Å². The number of rotatable bonds is 5. The number of carbonyl (C=O) groups excluding carboxylic acids is 1. The molecule has 1 heterocycles. The van der Waals surface area contributed by atoms with Gasteiger partial charge in [0.05, 0.1) is 11.4 Å². The third-order valence-corrected chi connectivity index (χ3v) is 7.84. The van der Waals surface area contributed by atoms with E-state index >= 15 is 0 Å². The van der Waals surface area contributed by atoms with Crippen molar-refractivity contribution in [3.8, 4) is 0 Å². The fourth-order valence-corrected chi connectivity index (χ4v) is 5.80. The maximum absolute atomic E-state index is 13.3. The Bertz CT molecular complexity index is 709. The van der Waals surface area contributed by atoms with Crippen LogP contribution in [0.3, 0.4) is 0 Å². The molecule has 0 atom stereocenters. The molecule has 1 amide bonds. The van der Waals surface area contributed by atoms with Crippen molar-refractivity contribution in [2.45, 2.75) is 62.3 Å². The van der Waals surface area contributed by atoms with E-state index in [9.17, 15) is 13.2 Å². The third kappa shape index (κ3) is 4.67. The molecule has 7 heteroatoms. The molecule has 1 aliphatic carbocycles. The molecule has 0 bridgehead atoms. The summed E-state index contributed by atoms with van der Waals surface area (Å²) in [7, 11) is -3.69. The second-order valence-corrected chi connectivity index (χ2v) is 10.0. The predicted molar refractivity (Wildman–Crippen MR) is 105 cm³/mol. The number of sulfonamides is 1. The summed E-state index contributed by atoms with van der Waals surface area (Å²) in [6, 6.07) is 6.61. The lowest BCUT2D eigenvalue weighted by Crippen LogP contribution is -2.49. The summed E-state index contributed by atoms with van der Waals surface area (Å²) in [5, 5.41) is 0. The van der Waals surface area contributed by atoms with E-state index in [1.165, 1.54) is 4.31 Å². The minimum atomic E-state index is -3.69. The van der Waals surface area contributed by atoms with Gasteiger partial charge in [-0.2, -0.15) is 4.31 Å². The number of carbonyl (C=O) groups is 1. The first-order valence-electron chi connectivity index (χ1n) is 9.54. The highest BCUT2D eigenvalue weighted by molar-refractivity contribution is 9.10. The first kappa shape index (κ1) is 19.8. The monoisotopic (exact) mass is 442 g/mol. The molecule has 1 aromatic carbocycles.